The maximum atomic E-state index is 11.2. The fraction of sp³-hybridized carbons (Fsp3) is 0.500. The molecule has 0 aliphatic carbocycles. The number of hydrogen-bond donors (Lipinski definition) is 3. The van der Waals surface area contributed by atoms with Crippen LogP contribution < -0.4 is 5.32 Å². The van der Waals surface area contributed by atoms with Gasteiger partial charge in [-0.2, -0.15) is 12.6 Å². The van der Waals surface area contributed by atoms with Gasteiger partial charge in [0, 0.05) is 23.7 Å². The number of thiol groups is 1. The highest BCUT2D eigenvalue weighted by atomic mass is 32.1. The summed E-state index contributed by atoms with van der Waals surface area (Å²) < 4.78 is 0. The summed E-state index contributed by atoms with van der Waals surface area (Å²) in [6.07, 6.45) is 3.55. The molecule has 0 saturated heterocycles. The van der Waals surface area contributed by atoms with Crippen molar-refractivity contribution in [2.24, 2.45) is 0 Å². The number of amides is 1. The van der Waals surface area contributed by atoms with E-state index in [1.165, 1.54) is 0 Å². The molecule has 13 heavy (non-hydrogen) atoms. The molecule has 1 aromatic rings. The Balaban J connectivity index is 2.26. The number of aromatic amines is 1. The molecule has 1 atom stereocenters. The molecular formula is C8H13N3OS. The molecule has 2 N–H and O–H groups in total. The molecule has 0 saturated carbocycles. The highest BCUT2D eigenvalue weighted by molar-refractivity contribution is 7.80. The van der Waals surface area contributed by atoms with Crippen molar-refractivity contribution in [1.82, 2.24) is 15.3 Å². The highest BCUT2D eigenvalue weighted by Crippen LogP contribution is 1.93. The molecule has 0 aliphatic rings. The molecule has 1 unspecified atom stereocenters. The first-order valence-electron chi connectivity index (χ1n) is 4.10. The largest absolute Gasteiger partial charge is 0.355 e. The smallest absolute Gasteiger partial charge is 0.226 e. The monoisotopic (exact) mass is 199 g/mol. The van der Waals surface area contributed by atoms with Gasteiger partial charge in [0.2, 0.25) is 5.91 Å². The number of carbonyl (C=O) groups excluding carboxylic acids is 1. The zero-order valence-electron chi connectivity index (χ0n) is 7.45. The normalized spacial score (nSPS) is 12.5. The quantitative estimate of drug-likeness (QED) is 0.614. The molecule has 1 heterocycles. The van der Waals surface area contributed by atoms with Gasteiger partial charge in [-0.3, -0.25) is 4.79 Å². The van der Waals surface area contributed by atoms with E-state index in [-0.39, 0.29) is 11.2 Å². The van der Waals surface area contributed by atoms with Crippen molar-refractivity contribution in [2.45, 2.75) is 18.6 Å². The van der Waals surface area contributed by atoms with Crippen LogP contribution in [0, 0.1) is 0 Å². The number of imidazole rings is 1. The molecule has 1 aromatic heterocycles. The van der Waals surface area contributed by atoms with Crippen LogP contribution >= 0.6 is 12.6 Å². The summed E-state index contributed by atoms with van der Waals surface area (Å²) in [4.78, 5) is 17.9. The van der Waals surface area contributed by atoms with Gasteiger partial charge in [-0.25, -0.2) is 4.98 Å². The number of aromatic nitrogens is 2. The lowest BCUT2D eigenvalue weighted by Crippen LogP contribution is -2.29. The maximum Gasteiger partial charge on any atom is 0.226 e. The molecule has 1 rings (SSSR count). The first-order chi connectivity index (χ1) is 6.18. The van der Waals surface area contributed by atoms with E-state index in [9.17, 15) is 4.79 Å². The Kier molecular flexibility index (Phi) is 3.82. The molecule has 5 heteroatoms. The minimum atomic E-state index is -0.00912. The lowest BCUT2D eigenvalue weighted by atomic mass is 10.3. The van der Waals surface area contributed by atoms with Gasteiger partial charge in [0.25, 0.3) is 0 Å². The van der Waals surface area contributed by atoms with E-state index in [0.717, 1.165) is 5.69 Å². The van der Waals surface area contributed by atoms with E-state index in [4.69, 9.17) is 0 Å². The summed E-state index contributed by atoms with van der Waals surface area (Å²) in [5, 5.41) is 2.94. The number of hydrogen-bond acceptors (Lipinski definition) is 3. The summed E-state index contributed by atoms with van der Waals surface area (Å²) in [5.74, 6) is -0.00912. The van der Waals surface area contributed by atoms with E-state index in [1.54, 1.807) is 12.5 Å². The second-order valence-corrected chi connectivity index (χ2v) is 3.79. The number of carbonyl (C=O) groups is 1. The van der Waals surface area contributed by atoms with Crippen LogP contribution in [0.25, 0.3) is 0 Å². The van der Waals surface area contributed by atoms with Gasteiger partial charge in [0.15, 0.2) is 0 Å². The standard InChI is InChI=1S/C8H13N3OS/c1-6(13)3-10-8(12)2-7-4-9-5-11-7/h4-6,13H,2-3H2,1H3,(H,9,11)(H,10,12). The Morgan fingerprint density at radius 1 is 1.85 bits per heavy atom. The number of nitrogens with one attached hydrogen (secondary N) is 2. The zero-order valence-corrected chi connectivity index (χ0v) is 8.34. The summed E-state index contributed by atoms with van der Waals surface area (Å²) in [6.45, 7) is 2.52. The molecule has 0 aromatic carbocycles. The zero-order chi connectivity index (χ0) is 9.68. The molecule has 4 nitrogen and oxygen atoms in total. The van der Waals surface area contributed by atoms with E-state index >= 15 is 0 Å². The van der Waals surface area contributed by atoms with Gasteiger partial charge in [-0.1, -0.05) is 6.92 Å². The number of nitrogens with zero attached hydrogens (tertiary/aromatic N) is 1. The van der Waals surface area contributed by atoms with E-state index in [1.807, 2.05) is 6.92 Å². The summed E-state index contributed by atoms with van der Waals surface area (Å²) in [7, 11) is 0. The van der Waals surface area contributed by atoms with Crippen molar-refractivity contribution in [2.75, 3.05) is 6.54 Å². The average Bonchev–Trinajstić information content (AvgIpc) is 2.53. The maximum absolute atomic E-state index is 11.2. The molecule has 0 fully saturated rings. The van der Waals surface area contributed by atoms with Crippen molar-refractivity contribution in [3.05, 3.63) is 18.2 Å². The molecule has 0 spiro atoms. The third-order valence-electron chi connectivity index (χ3n) is 1.50. The third-order valence-corrected chi connectivity index (χ3v) is 1.68. The Morgan fingerprint density at radius 2 is 2.62 bits per heavy atom. The van der Waals surface area contributed by atoms with Crippen LogP contribution in [0.4, 0.5) is 0 Å². The molecule has 0 aliphatic heterocycles. The first kappa shape index (κ1) is 10.1. The van der Waals surface area contributed by atoms with Gasteiger partial charge in [-0.05, 0) is 0 Å². The number of H-pyrrole nitrogens is 1. The van der Waals surface area contributed by atoms with Crippen molar-refractivity contribution in [3.8, 4) is 0 Å². The predicted octanol–water partition coefficient (Wildman–Crippen LogP) is 0.387. The summed E-state index contributed by atoms with van der Waals surface area (Å²) in [5.41, 5.74) is 0.823. The molecule has 0 radical (unpaired) electrons. The minimum absolute atomic E-state index is 0.00912. The second kappa shape index (κ2) is 4.91. The number of rotatable bonds is 4. The summed E-state index contributed by atoms with van der Waals surface area (Å²) >= 11 is 4.15. The SMILES string of the molecule is CC(S)CNC(=O)Cc1cnc[nH]1. The Bertz CT molecular complexity index is 258. The predicted molar refractivity (Wildman–Crippen MR) is 53.7 cm³/mol. The van der Waals surface area contributed by atoms with Crippen LogP contribution in [0.1, 0.15) is 12.6 Å². The van der Waals surface area contributed by atoms with Gasteiger partial charge in [0.05, 0.1) is 12.7 Å². The second-order valence-electron chi connectivity index (χ2n) is 2.91. The first-order valence-corrected chi connectivity index (χ1v) is 4.62. The van der Waals surface area contributed by atoms with E-state index in [0.29, 0.717) is 13.0 Å². The van der Waals surface area contributed by atoms with Gasteiger partial charge in [0.1, 0.15) is 0 Å². The lowest BCUT2D eigenvalue weighted by Gasteiger charge is -2.05. The Hall–Kier alpha value is -0.970. The van der Waals surface area contributed by atoms with Gasteiger partial charge in [-0.15, -0.1) is 0 Å². The van der Waals surface area contributed by atoms with Crippen molar-refractivity contribution in [3.63, 3.8) is 0 Å². The minimum Gasteiger partial charge on any atom is -0.355 e. The Morgan fingerprint density at radius 3 is 3.15 bits per heavy atom. The lowest BCUT2D eigenvalue weighted by molar-refractivity contribution is -0.120. The third kappa shape index (κ3) is 3.98. The fourth-order valence-corrected chi connectivity index (χ4v) is 0.970. The van der Waals surface area contributed by atoms with Crippen LogP contribution in [0.2, 0.25) is 0 Å². The van der Waals surface area contributed by atoms with Crippen LogP contribution in [0.5, 0.6) is 0 Å². The molecular weight excluding hydrogens is 186 g/mol. The topological polar surface area (TPSA) is 57.8 Å². The molecule has 0 bridgehead atoms. The van der Waals surface area contributed by atoms with Crippen LogP contribution in [0.3, 0.4) is 0 Å². The van der Waals surface area contributed by atoms with Crippen molar-refractivity contribution in [1.29, 1.82) is 0 Å². The van der Waals surface area contributed by atoms with Crippen molar-refractivity contribution < 1.29 is 4.79 Å². The van der Waals surface area contributed by atoms with Gasteiger partial charge < -0.3 is 10.3 Å². The van der Waals surface area contributed by atoms with E-state index in [2.05, 4.69) is 27.9 Å². The van der Waals surface area contributed by atoms with E-state index < -0.39 is 0 Å². The summed E-state index contributed by atoms with van der Waals surface area (Å²) in [6, 6.07) is 0. The van der Waals surface area contributed by atoms with Crippen molar-refractivity contribution >= 4 is 18.5 Å². The highest BCUT2D eigenvalue weighted by Gasteiger charge is 2.04. The molecule has 1 amide bonds. The fourth-order valence-electron chi connectivity index (χ4n) is 0.878. The van der Waals surface area contributed by atoms with Gasteiger partial charge >= 0.3 is 0 Å². The average molecular weight is 199 g/mol. The Labute approximate surface area is 82.6 Å². The molecule has 72 valence electrons. The van der Waals surface area contributed by atoms with Crippen LogP contribution in [-0.2, 0) is 11.2 Å². The van der Waals surface area contributed by atoms with Crippen LogP contribution in [0.15, 0.2) is 12.5 Å². The van der Waals surface area contributed by atoms with Crippen LogP contribution in [-0.4, -0.2) is 27.7 Å².